The van der Waals surface area contributed by atoms with E-state index in [1.165, 1.54) is 24.3 Å². The van der Waals surface area contributed by atoms with E-state index in [2.05, 4.69) is 6.92 Å². The highest BCUT2D eigenvalue weighted by molar-refractivity contribution is 5.66. The molecule has 0 spiro atoms. The van der Waals surface area contributed by atoms with Gasteiger partial charge >= 0.3 is 0 Å². The van der Waals surface area contributed by atoms with Gasteiger partial charge in [-0.3, -0.25) is 0 Å². The van der Waals surface area contributed by atoms with Crippen molar-refractivity contribution < 1.29 is 27.0 Å². The summed E-state index contributed by atoms with van der Waals surface area (Å²) in [4.78, 5) is 0. The summed E-state index contributed by atoms with van der Waals surface area (Å²) in [5.74, 6) is -4.89. The van der Waals surface area contributed by atoms with Gasteiger partial charge in [-0.15, -0.1) is 0 Å². The Labute approximate surface area is 199 Å². The van der Waals surface area contributed by atoms with Crippen molar-refractivity contribution in [2.24, 2.45) is 0 Å². The largest absolute Gasteiger partial charge is 0.378 e. The van der Waals surface area contributed by atoms with E-state index in [9.17, 15) is 0 Å². The van der Waals surface area contributed by atoms with Crippen molar-refractivity contribution >= 4 is 0 Å². The molecule has 2 saturated heterocycles. The SMILES string of the molecule is CC=CC1CCC(c2ccc(-c3ccc(C4CCC(CCC)OC4)c(F)c3F)c(F)c2F)CO1. The Balaban J connectivity index is 1.54. The summed E-state index contributed by atoms with van der Waals surface area (Å²) in [6, 6.07) is 5.62. The Kier molecular flexibility index (Phi) is 8.10. The highest BCUT2D eigenvalue weighted by Gasteiger charge is 2.29. The van der Waals surface area contributed by atoms with Gasteiger partial charge in [-0.1, -0.05) is 49.8 Å². The molecule has 4 rings (SSSR count). The quantitative estimate of drug-likeness (QED) is 0.313. The van der Waals surface area contributed by atoms with E-state index >= 15 is 17.6 Å². The van der Waals surface area contributed by atoms with Crippen LogP contribution in [0.5, 0.6) is 0 Å². The number of hydrogen-bond acceptors (Lipinski definition) is 2. The summed E-state index contributed by atoms with van der Waals surface area (Å²) in [6.45, 7) is 4.60. The minimum Gasteiger partial charge on any atom is -0.378 e. The molecule has 2 aromatic rings. The Morgan fingerprint density at radius 1 is 0.765 bits per heavy atom. The van der Waals surface area contributed by atoms with Gasteiger partial charge in [0.25, 0.3) is 0 Å². The van der Waals surface area contributed by atoms with Crippen LogP contribution in [-0.2, 0) is 9.47 Å². The normalized spacial score (nSPS) is 25.7. The molecule has 4 atom stereocenters. The van der Waals surface area contributed by atoms with Gasteiger partial charge < -0.3 is 9.47 Å². The molecule has 0 aliphatic carbocycles. The Morgan fingerprint density at radius 2 is 1.32 bits per heavy atom. The average molecular weight is 477 g/mol. The monoisotopic (exact) mass is 476 g/mol. The predicted octanol–water partition coefficient (Wildman–Crippen LogP) is 7.81. The fourth-order valence-electron chi connectivity index (χ4n) is 5.16. The summed E-state index contributed by atoms with van der Waals surface area (Å²) >= 11 is 0. The molecule has 0 radical (unpaired) electrons. The predicted molar refractivity (Wildman–Crippen MR) is 125 cm³/mol. The Bertz CT molecular complexity index is 1020. The third-order valence-corrected chi connectivity index (χ3v) is 7.09. The van der Waals surface area contributed by atoms with Crippen molar-refractivity contribution in [1.82, 2.24) is 0 Å². The van der Waals surface area contributed by atoms with Crippen LogP contribution in [0.2, 0.25) is 0 Å². The van der Waals surface area contributed by atoms with Gasteiger partial charge in [0.2, 0.25) is 0 Å². The summed E-state index contributed by atoms with van der Waals surface area (Å²) in [5, 5.41) is 0. The van der Waals surface area contributed by atoms with Crippen LogP contribution in [0.25, 0.3) is 11.1 Å². The summed E-state index contributed by atoms with van der Waals surface area (Å²) in [7, 11) is 0. The molecule has 4 unspecified atom stereocenters. The maximum atomic E-state index is 15.1. The molecular formula is C28H32F4O2. The topological polar surface area (TPSA) is 18.5 Å². The van der Waals surface area contributed by atoms with Gasteiger partial charge in [-0.05, 0) is 50.2 Å². The van der Waals surface area contributed by atoms with Gasteiger partial charge in [0.05, 0.1) is 25.4 Å². The first kappa shape index (κ1) is 24.9. The molecule has 0 bridgehead atoms. The lowest BCUT2D eigenvalue weighted by atomic mass is 9.87. The smallest absolute Gasteiger partial charge is 0.167 e. The van der Waals surface area contributed by atoms with Crippen LogP contribution in [-0.4, -0.2) is 25.4 Å². The molecule has 6 heteroatoms. The van der Waals surface area contributed by atoms with E-state index < -0.39 is 23.3 Å². The number of ether oxygens (including phenoxy) is 2. The molecule has 2 fully saturated rings. The van der Waals surface area contributed by atoms with Gasteiger partial charge in [0, 0.05) is 23.0 Å². The van der Waals surface area contributed by atoms with Crippen LogP contribution < -0.4 is 0 Å². The zero-order valence-electron chi connectivity index (χ0n) is 19.8. The molecule has 2 heterocycles. The third kappa shape index (κ3) is 5.08. The molecule has 34 heavy (non-hydrogen) atoms. The van der Waals surface area contributed by atoms with Crippen molar-refractivity contribution in [3.05, 3.63) is 70.8 Å². The fourth-order valence-corrected chi connectivity index (χ4v) is 5.16. The molecule has 0 amide bonds. The third-order valence-electron chi connectivity index (χ3n) is 7.09. The van der Waals surface area contributed by atoms with Crippen LogP contribution in [0.4, 0.5) is 17.6 Å². The van der Waals surface area contributed by atoms with Gasteiger partial charge in [-0.2, -0.15) is 0 Å². The second-order valence-electron chi connectivity index (χ2n) is 9.35. The number of halogens is 4. The summed E-state index contributed by atoms with van der Waals surface area (Å²) < 4.78 is 71.6. The maximum Gasteiger partial charge on any atom is 0.167 e. The zero-order valence-corrected chi connectivity index (χ0v) is 19.8. The van der Waals surface area contributed by atoms with E-state index in [1.54, 1.807) is 0 Å². The van der Waals surface area contributed by atoms with Crippen molar-refractivity contribution in [3.63, 3.8) is 0 Å². The average Bonchev–Trinajstić information content (AvgIpc) is 2.85. The van der Waals surface area contributed by atoms with Gasteiger partial charge in [0.15, 0.2) is 23.3 Å². The van der Waals surface area contributed by atoms with E-state index in [1.807, 2.05) is 19.1 Å². The molecule has 184 valence electrons. The molecule has 2 aliphatic heterocycles. The fraction of sp³-hybridized carbons (Fsp3) is 0.500. The second kappa shape index (κ2) is 11.0. The van der Waals surface area contributed by atoms with E-state index in [-0.39, 0.29) is 52.9 Å². The first-order valence-corrected chi connectivity index (χ1v) is 12.3. The second-order valence-corrected chi connectivity index (χ2v) is 9.35. The maximum absolute atomic E-state index is 15.1. The first-order valence-electron chi connectivity index (χ1n) is 12.3. The number of rotatable bonds is 6. The minimum atomic E-state index is -1.16. The Morgan fingerprint density at radius 3 is 1.76 bits per heavy atom. The van der Waals surface area contributed by atoms with Gasteiger partial charge in [-0.25, -0.2) is 17.6 Å². The van der Waals surface area contributed by atoms with Crippen LogP contribution >= 0.6 is 0 Å². The lowest BCUT2D eigenvalue weighted by molar-refractivity contribution is -0.00181. The lowest BCUT2D eigenvalue weighted by Crippen LogP contribution is -2.25. The van der Waals surface area contributed by atoms with E-state index in [4.69, 9.17) is 9.47 Å². The number of allylic oxidation sites excluding steroid dienone is 1. The van der Waals surface area contributed by atoms with Crippen LogP contribution in [0.15, 0.2) is 36.4 Å². The lowest BCUT2D eigenvalue weighted by Gasteiger charge is -2.29. The van der Waals surface area contributed by atoms with Crippen LogP contribution in [0.1, 0.15) is 75.3 Å². The zero-order chi connectivity index (χ0) is 24.2. The first-order chi connectivity index (χ1) is 16.4. The molecule has 0 aromatic heterocycles. The molecule has 2 nitrogen and oxygen atoms in total. The molecule has 0 saturated carbocycles. The van der Waals surface area contributed by atoms with Gasteiger partial charge in [0.1, 0.15) is 0 Å². The molecule has 2 aromatic carbocycles. The van der Waals surface area contributed by atoms with Crippen molar-refractivity contribution in [3.8, 4) is 11.1 Å². The molecule has 2 aliphatic rings. The number of hydrogen-bond donors (Lipinski definition) is 0. The molecule has 0 N–H and O–H groups in total. The van der Waals surface area contributed by atoms with Crippen molar-refractivity contribution in [2.45, 2.75) is 76.4 Å². The Hall–Kier alpha value is -2.18. The van der Waals surface area contributed by atoms with Crippen molar-refractivity contribution in [1.29, 1.82) is 0 Å². The summed E-state index contributed by atoms with van der Waals surface area (Å²) in [5.41, 5.74) is -0.129. The highest BCUT2D eigenvalue weighted by Crippen LogP contribution is 2.38. The number of benzene rings is 2. The standard InChI is InChI=1S/C28H32F4O2/c1-3-5-19-9-7-17(15-33-19)21-11-13-23(27(31)25(21)29)24-14-12-22(26(30)28(24)32)18-8-10-20(6-4-2)34-16-18/h3,5,11-14,17-20H,4,6-10,15-16H2,1-2H3. The van der Waals surface area contributed by atoms with Crippen LogP contribution in [0, 0.1) is 23.3 Å². The van der Waals surface area contributed by atoms with E-state index in [0.717, 1.165) is 19.3 Å². The minimum absolute atomic E-state index is 0.0175. The van der Waals surface area contributed by atoms with Crippen molar-refractivity contribution in [2.75, 3.05) is 13.2 Å². The van der Waals surface area contributed by atoms with E-state index in [0.29, 0.717) is 25.9 Å². The van der Waals surface area contributed by atoms with Crippen LogP contribution in [0.3, 0.4) is 0 Å². The summed E-state index contributed by atoms with van der Waals surface area (Å²) in [6.07, 6.45) is 8.83. The molecular weight excluding hydrogens is 444 g/mol. The highest BCUT2D eigenvalue weighted by atomic mass is 19.2.